The minimum absolute atomic E-state index is 0.160. The average molecular weight is 441 g/mol. The number of likely N-dealkylation sites (tertiary alicyclic amines) is 1. The van der Waals surface area contributed by atoms with Crippen molar-refractivity contribution in [3.63, 3.8) is 0 Å². The van der Waals surface area contributed by atoms with Gasteiger partial charge in [-0.1, -0.05) is 78.9 Å². The number of amides is 1. The maximum Gasteiger partial charge on any atom is 0.253 e. The van der Waals surface area contributed by atoms with Crippen LogP contribution < -0.4 is 0 Å². The van der Waals surface area contributed by atoms with Crippen LogP contribution in [0.15, 0.2) is 91.0 Å². The van der Waals surface area contributed by atoms with Crippen molar-refractivity contribution in [2.24, 2.45) is 5.92 Å². The van der Waals surface area contributed by atoms with Crippen molar-refractivity contribution in [1.29, 1.82) is 0 Å². The Morgan fingerprint density at radius 3 is 1.91 bits per heavy atom. The zero-order valence-corrected chi connectivity index (χ0v) is 19.1. The lowest BCUT2D eigenvalue weighted by Gasteiger charge is -2.45. The Bertz CT molecular complexity index is 991. The molecular formula is C29H32N2O2. The predicted molar refractivity (Wildman–Crippen MR) is 131 cm³/mol. The Kier molecular flexibility index (Phi) is 6.56. The first-order valence-corrected chi connectivity index (χ1v) is 12.1. The van der Waals surface area contributed by atoms with E-state index >= 15 is 0 Å². The molecule has 0 bridgehead atoms. The number of ether oxygens (including phenoxy) is 1. The lowest BCUT2D eigenvalue weighted by Crippen LogP contribution is -2.52. The average Bonchev–Trinajstić information content (AvgIpc) is 2.90. The number of hydrogen-bond donors (Lipinski definition) is 0. The van der Waals surface area contributed by atoms with E-state index in [2.05, 4.69) is 65.6 Å². The van der Waals surface area contributed by atoms with Crippen molar-refractivity contribution >= 4 is 5.91 Å². The first kappa shape index (κ1) is 21.9. The van der Waals surface area contributed by atoms with Gasteiger partial charge in [-0.3, -0.25) is 9.69 Å². The van der Waals surface area contributed by atoms with Crippen molar-refractivity contribution in [2.75, 3.05) is 39.3 Å². The minimum Gasteiger partial charge on any atom is -0.363 e. The third-order valence-electron chi connectivity index (χ3n) is 7.12. The molecule has 0 spiro atoms. The van der Waals surface area contributed by atoms with Gasteiger partial charge in [0.05, 0.1) is 6.61 Å². The molecule has 2 heterocycles. The Morgan fingerprint density at radius 2 is 1.33 bits per heavy atom. The van der Waals surface area contributed by atoms with E-state index in [9.17, 15) is 4.79 Å². The van der Waals surface area contributed by atoms with Crippen molar-refractivity contribution < 1.29 is 9.53 Å². The summed E-state index contributed by atoms with van der Waals surface area (Å²) in [5, 5.41) is 0. The predicted octanol–water partition coefficient (Wildman–Crippen LogP) is 4.81. The topological polar surface area (TPSA) is 32.8 Å². The Morgan fingerprint density at radius 1 is 0.788 bits per heavy atom. The number of rotatable bonds is 5. The highest BCUT2D eigenvalue weighted by Gasteiger charge is 2.40. The number of nitrogens with zero attached hydrogens (tertiary/aromatic N) is 2. The highest BCUT2D eigenvalue weighted by atomic mass is 16.5. The zero-order chi connectivity index (χ0) is 22.5. The number of carbonyl (C=O) groups is 1. The molecule has 0 radical (unpaired) electrons. The molecule has 2 saturated heterocycles. The van der Waals surface area contributed by atoms with Crippen molar-refractivity contribution in [1.82, 2.24) is 9.80 Å². The standard InChI is InChI=1S/C29H32N2O2/c32-28(25-10-4-1-5-11-25)31-18-16-24(17-19-31)22-30-20-21-33-29(23-30,26-12-6-2-7-13-26)27-14-8-3-9-15-27/h1-15,24H,16-23H2. The van der Waals surface area contributed by atoms with Crippen LogP contribution in [0.3, 0.4) is 0 Å². The normalized spacial score (nSPS) is 19.3. The maximum absolute atomic E-state index is 12.8. The number of benzene rings is 3. The number of hydrogen-bond acceptors (Lipinski definition) is 3. The second-order valence-corrected chi connectivity index (χ2v) is 9.24. The Hall–Kier alpha value is -2.95. The fourth-order valence-electron chi connectivity index (χ4n) is 5.32. The third-order valence-corrected chi connectivity index (χ3v) is 7.12. The number of piperidine rings is 1. The van der Waals surface area contributed by atoms with Crippen LogP contribution in [0.2, 0.25) is 0 Å². The summed E-state index contributed by atoms with van der Waals surface area (Å²) in [4.78, 5) is 17.4. The molecule has 5 rings (SSSR count). The van der Waals surface area contributed by atoms with Gasteiger partial charge in [-0.05, 0) is 42.0 Å². The molecule has 4 heteroatoms. The molecule has 3 aromatic carbocycles. The first-order chi connectivity index (χ1) is 16.2. The SMILES string of the molecule is O=C(c1ccccc1)N1CCC(CN2CCOC(c3ccccc3)(c3ccccc3)C2)CC1. The lowest BCUT2D eigenvalue weighted by atomic mass is 9.84. The van der Waals surface area contributed by atoms with Crippen LogP contribution in [0.4, 0.5) is 0 Å². The van der Waals surface area contributed by atoms with Gasteiger partial charge in [-0.15, -0.1) is 0 Å². The highest BCUT2D eigenvalue weighted by molar-refractivity contribution is 5.94. The largest absolute Gasteiger partial charge is 0.363 e. The lowest BCUT2D eigenvalue weighted by molar-refractivity contribution is -0.0925. The summed E-state index contributed by atoms with van der Waals surface area (Å²) >= 11 is 0. The van der Waals surface area contributed by atoms with Gasteiger partial charge in [-0.25, -0.2) is 0 Å². The third kappa shape index (κ3) is 4.73. The van der Waals surface area contributed by atoms with Crippen LogP contribution in [-0.2, 0) is 10.3 Å². The molecule has 3 aromatic rings. The van der Waals surface area contributed by atoms with Gasteiger partial charge in [0.2, 0.25) is 0 Å². The van der Waals surface area contributed by atoms with E-state index in [1.54, 1.807) is 0 Å². The monoisotopic (exact) mass is 440 g/mol. The molecule has 1 amide bonds. The highest BCUT2D eigenvalue weighted by Crippen LogP contribution is 2.37. The van der Waals surface area contributed by atoms with E-state index in [4.69, 9.17) is 4.74 Å². The summed E-state index contributed by atoms with van der Waals surface area (Å²) < 4.78 is 6.56. The van der Waals surface area contributed by atoms with Gasteiger partial charge in [-0.2, -0.15) is 0 Å². The minimum atomic E-state index is -0.440. The van der Waals surface area contributed by atoms with Gasteiger partial charge in [0.1, 0.15) is 5.60 Å². The Balaban J connectivity index is 1.26. The van der Waals surface area contributed by atoms with E-state index in [0.717, 1.165) is 57.7 Å². The second-order valence-electron chi connectivity index (χ2n) is 9.24. The molecule has 0 atom stereocenters. The Labute approximate surface area is 196 Å². The van der Waals surface area contributed by atoms with Crippen LogP contribution >= 0.6 is 0 Å². The van der Waals surface area contributed by atoms with Crippen LogP contribution in [0.1, 0.15) is 34.3 Å². The molecule has 2 fully saturated rings. The molecule has 170 valence electrons. The molecule has 33 heavy (non-hydrogen) atoms. The molecule has 0 N–H and O–H groups in total. The van der Waals surface area contributed by atoms with E-state index in [0.29, 0.717) is 5.92 Å². The van der Waals surface area contributed by atoms with E-state index in [1.807, 2.05) is 35.2 Å². The fraction of sp³-hybridized carbons (Fsp3) is 0.345. The van der Waals surface area contributed by atoms with Crippen LogP contribution in [0.25, 0.3) is 0 Å². The van der Waals surface area contributed by atoms with E-state index in [-0.39, 0.29) is 5.91 Å². The summed E-state index contributed by atoms with van der Waals surface area (Å²) in [6.45, 7) is 5.25. The smallest absolute Gasteiger partial charge is 0.253 e. The van der Waals surface area contributed by atoms with Crippen LogP contribution in [0.5, 0.6) is 0 Å². The van der Waals surface area contributed by atoms with Gasteiger partial charge in [0.15, 0.2) is 0 Å². The summed E-state index contributed by atoms with van der Waals surface area (Å²) in [7, 11) is 0. The van der Waals surface area contributed by atoms with Gasteiger partial charge < -0.3 is 9.64 Å². The van der Waals surface area contributed by atoms with Gasteiger partial charge in [0.25, 0.3) is 5.91 Å². The molecule has 0 unspecified atom stereocenters. The number of morpholine rings is 1. The zero-order valence-electron chi connectivity index (χ0n) is 19.1. The number of carbonyl (C=O) groups excluding carboxylic acids is 1. The van der Waals surface area contributed by atoms with Crippen LogP contribution in [-0.4, -0.2) is 55.0 Å². The molecule has 4 nitrogen and oxygen atoms in total. The van der Waals surface area contributed by atoms with Crippen molar-refractivity contribution in [3.05, 3.63) is 108 Å². The quantitative estimate of drug-likeness (QED) is 0.571. The van der Waals surface area contributed by atoms with Crippen molar-refractivity contribution in [3.8, 4) is 0 Å². The molecule has 2 aliphatic rings. The van der Waals surface area contributed by atoms with Crippen LogP contribution in [0, 0.1) is 5.92 Å². The molecule has 2 aliphatic heterocycles. The van der Waals surface area contributed by atoms with Crippen molar-refractivity contribution in [2.45, 2.75) is 18.4 Å². The molecular weight excluding hydrogens is 408 g/mol. The molecule has 0 aliphatic carbocycles. The summed E-state index contributed by atoms with van der Waals surface area (Å²) in [5.41, 5.74) is 2.78. The first-order valence-electron chi connectivity index (χ1n) is 12.1. The van der Waals surface area contributed by atoms with E-state index < -0.39 is 5.60 Å². The molecule has 0 aromatic heterocycles. The molecule has 0 saturated carbocycles. The van der Waals surface area contributed by atoms with E-state index in [1.165, 1.54) is 11.1 Å². The van der Waals surface area contributed by atoms with Gasteiger partial charge >= 0.3 is 0 Å². The summed E-state index contributed by atoms with van der Waals surface area (Å²) in [6.07, 6.45) is 2.11. The summed E-state index contributed by atoms with van der Waals surface area (Å²) in [6, 6.07) is 30.9. The van der Waals surface area contributed by atoms with Gasteiger partial charge in [0, 0.05) is 38.3 Å². The fourth-order valence-corrected chi connectivity index (χ4v) is 5.32. The second kappa shape index (κ2) is 9.90. The maximum atomic E-state index is 12.8. The summed E-state index contributed by atoms with van der Waals surface area (Å²) in [5.74, 6) is 0.764.